The lowest BCUT2D eigenvalue weighted by Crippen LogP contribution is -2.10. The number of pyridine rings is 1. The third-order valence-electron chi connectivity index (χ3n) is 1.75. The monoisotopic (exact) mass is 185 g/mol. The van der Waals surface area contributed by atoms with Crippen LogP contribution >= 0.6 is 12.6 Å². The second-order valence-corrected chi connectivity index (χ2v) is 2.98. The SMILES string of the molecule is Cc1c(O)c(=O)ccn1CCS. The molecule has 0 unspecified atom stereocenters. The number of hydrogen-bond donors (Lipinski definition) is 2. The summed E-state index contributed by atoms with van der Waals surface area (Å²) in [6.07, 6.45) is 1.66. The van der Waals surface area contributed by atoms with E-state index in [4.69, 9.17) is 0 Å². The first-order valence-corrected chi connectivity index (χ1v) is 4.30. The van der Waals surface area contributed by atoms with Gasteiger partial charge in [0.1, 0.15) is 0 Å². The zero-order valence-corrected chi connectivity index (χ0v) is 7.71. The van der Waals surface area contributed by atoms with Crippen molar-refractivity contribution in [1.82, 2.24) is 4.57 Å². The van der Waals surface area contributed by atoms with E-state index in [9.17, 15) is 9.90 Å². The van der Waals surface area contributed by atoms with E-state index >= 15 is 0 Å². The number of nitrogens with zero attached hydrogens (tertiary/aromatic N) is 1. The summed E-state index contributed by atoms with van der Waals surface area (Å²) in [6, 6.07) is 1.35. The summed E-state index contributed by atoms with van der Waals surface area (Å²) in [5.74, 6) is 0.516. The Morgan fingerprint density at radius 1 is 1.67 bits per heavy atom. The Hall–Kier alpha value is -0.900. The highest BCUT2D eigenvalue weighted by Gasteiger charge is 2.03. The minimum Gasteiger partial charge on any atom is -0.503 e. The zero-order chi connectivity index (χ0) is 9.14. The van der Waals surface area contributed by atoms with Crippen molar-refractivity contribution in [1.29, 1.82) is 0 Å². The molecule has 0 aromatic carbocycles. The topological polar surface area (TPSA) is 42.2 Å². The molecule has 1 rings (SSSR count). The predicted molar refractivity (Wildman–Crippen MR) is 51.0 cm³/mol. The fraction of sp³-hybridized carbons (Fsp3) is 0.375. The maximum Gasteiger partial charge on any atom is 0.223 e. The van der Waals surface area contributed by atoms with Gasteiger partial charge in [-0.15, -0.1) is 0 Å². The van der Waals surface area contributed by atoms with E-state index in [1.807, 2.05) is 0 Å². The van der Waals surface area contributed by atoms with Crippen molar-refractivity contribution in [2.45, 2.75) is 13.5 Å². The molecule has 0 amide bonds. The molecule has 12 heavy (non-hydrogen) atoms. The lowest BCUT2D eigenvalue weighted by atomic mass is 10.3. The molecule has 0 bridgehead atoms. The molecule has 0 fully saturated rings. The highest BCUT2D eigenvalue weighted by Crippen LogP contribution is 2.08. The second kappa shape index (κ2) is 3.67. The second-order valence-electron chi connectivity index (χ2n) is 2.53. The molecular weight excluding hydrogens is 174 g/mol. The molecule has 1 aromatic rings. The average Bonchev–Trinajstić information content (AvgIpc) is 2.07. The van der Waals surface area contributed by atoms with E-state index in [0.717, 1.165) is 0 Å². The fourth-order valence-corrected chi connectivity index (χ4v) is 1.23. The molecule has 0 saturated heterocycles. The number of hydrogen-bond acceptors (Lipinski definition) is 3. The Labute approximate surface area is 76.1 Å². The van der Waals surface area contributed by atoms with Gasteiger partial charge in [0.2, 0.25) is 5.43 Å². The maximum atomic E-state index is 10.9. The predicted octanol–water partition coefficient (Wildman–Crippen LogP) is 0.792. The quantitative estimate of drug-likeness (QED) is 0.669. The minimum absolute atomic E-state index is 0.167. The van der Waals surface area contributed by atoms with Gasteiger partial charge in [0.05, 0.1) is 5.69 Å². The van der Waals surface area contributed by atoms with Crippen molar-refractivity contribution in [3.63, 3.8) is 0 Å². The van der Waals surface area contributed by atoms with Crippen molar-refractivity contribution in [3.8, 4) is 5.75 Å². The van der Waals surface area contributed by atoms with Gasteiger partial charge in [0.25, 0.3) is 0 Å². The number of aromatic nitrogens is 1. The van der Waals surface area contributed by atoms with Crippen molar-refractivity contribution in [3.05, 3.63) is 28.2 Å². The van der Waals surface area contributed by atoms with Crippen LogP contribution in [0.5, 0.6) is 5.75 Å². The molecule has 0 aliphatic heterocycles. The molecule has 4 heteroatoms. The van der Waals surface area contributed by atoms with E-state index in [-0.39, 0.29) is 11.2 Å². The first-order valence-electron chi connectivity index (χ1n) is 3.66. The first-order chi connectivity index (χ1) is 5.66. The summed E-state index contributed by atoms with van der Waals surface area (Å²) in [5, 5.41) is 9.26. The molecule has 0 aliphatic carbocycles. The number of aryl methyl sites for hydroxylation is 1. The van der Waals surface area contributed by atoms with Gasteiger partial charge in [0.15, 0.2) is 5.75 Å². The van der Waals surface area contributed by atoms with Crippen LogP contribution in [-0.2, 0) is 6.54 Å². The van der Waals surface area contributed by atoms with E-state index in [2.05, 4.69) is 12.6 Å². The zero-order valence-electron chi connectivity index (χ0n) is 6.82. The third kappa shape index (κ3) is 1.64. The molecule has 1 heterocycles. The largest absolute Gasteiger partial charge is 0.503 e. The Morgan fingerprint density at radius 3 is 2.92 bits per heavy atom. The van der Waals surface area contributed by atoms with Gasteiger partial charge in [-0.25, -0.2) is 0 Å². The summed E-state index contributed by atoms with van der Waals surface area (Å²) in [5.41, 5.74) is 0.263. The van der Waals surface area contributed by atoms with Gasteiger partial charge in [0, 0.05) is 24.6 Å². The smallest absolute Gasteiger partial charge is 0.223 e. The van der Waals surface area contributed by atoms with Crippen LogP contribution in [0.3, 0.4) is 0 Å². The lowest BCUT2D eigenvalue weighted by Gasteiger charge is -2.08. The summed E-state index contributed by atoms with van der Waals surface area (Å²) >= 11 is 4.06. The highest BCUT2D eigenvalue weighted by atomic mass is 32.1. The molecule has 0 atom stereocenters. The molecule has 0 spiro atoms. The van der Waals surface area contributed by atoms with Crippen molar-refractivity contribution in [2.75, 3.05) is 5.75 Å². The van der Waals surface area contributed by atoms with Crippen molar-refractivity contribution >= 4 is 12.6 Å². The molecule has 0 saturated carbocycles. The van der Waals surface area contributed by atoms with Gasteiger partial charge in [-0.3, -0.25) is 4.79 Å². The van der Waals surface area contributed by atoms with Crippen LogP contribution in [0.25, 0.3) is 0 Å². The average molecular weight is 185 g/mol. The summed E-state index contributed by atoms with van der Waals surface area (Å²) in [4.78, 5) is 10.9. The summed E-state index contributed by atoms with van der Waals surface area (Å²) in [7, 11) is 0. The number of rotatable bonds is 2. The molecular formula is C8H11NO2S. The van der Waals surface area contributed by atoms with E-state index < -0.39 is 0 Å². The Kier molecular flexibility index (Phi) is 2.81. The normalized spacial score (nSPS) is 10.2. The van der Waals surface area contributed by atoms with Gasteiger partial charge < -0.3 is 9.67 Å². The minimum atomic E-state index is -0.331. The van der Waals surface area contributed by atoms with Crippen LogP contribution in [-0.4, -0.2) is 15.4 Å². The Balaban J connectivity index is 3.17. The van der Waals surface area contributed by atoms with Crippen LogP contribution in [0.15, 0.2) is 17.1 Å². The number of aromatic hydroxyl groups is 1. The van der Waals surface area contributed by atoms with Crippen LogP contribution < -0.4 is 5.43 Å². The lowest BCUT2D eigenvalue weighted by molar-refractivity contribution is 0.454. The first kappa shape index (κ1) is 9.19. The molecule has 1 aromatic heterocycles. The standard InChI is InChI=1S/C8H11NO2S/c1-6-8(11)7(10)2-3-9(6)4-5-12/h2-3,11-12H,4-5H2,1H3. The molecule has 0 radical (unpaired) electrons. The molecule has 66 valence electrons. The fourth-order valence-electron chi connectivity index (χ4n) is 1.01. The Morgan fingerprint density at radius 2 is 2.33 bits per heavy atom. The van der Waals surface area contributed by atoms with E-state index in [1.165, 1.54) is 6.07 Å². The number of thiol groups is 1. The van der Waals surface area contributed by atoms with Crippen LogP contribution in [0.2, 0.25) is 0 Å². The van der Waals surface area contributed by atoms with E-state index in [0.29, 0.717) is 18.0 Å². The van der Waals surface area contributed by atoms with Gasteiger partial charge >= 0.3 is 0 Å². The van der Waals surface area contributed by atoms with E-state index in [1.54, 1.807) is 17.7 Å². The third-order valence-corrected chi connectivity index (χ3v) is 1.95. The summed E-state index contributed by atoms with van der Waals surface area (Å²) in [6.45, 7) is 2.41. The maximum absolute atomic E-state index is 10.9. The van der Waals surface area contributed by atoms with Crippen molar-refractivity contribution in [2.24, 2.45) is 0 Å². The van der Waals surface area contributed by atoms with Crippen LogP contribution in [0, 0.1) is 6.92 Å². The van der Waals surface area contributed by atoms with Crippen LogP contribution in [0.4, 0.5) is 0 Å². The van der Waals surface area contributed by atoms with Gasteiger partial charge in [-0.05, 0) is 6.92 Å². The Bertz CT molecular complexity index is 332. The van der Waals surface area contributed by atoms with Gasteiger partial charge in [-0.2, -0.15) is 12.6 Å². The van der Waals surface area contributed by atoms with Crippen LogP contribution in [0.1, 0.15) is 5.69 Å². The highest BCUT2D eigenvalue weighted by molar-refractivity contribution is 7.80. The van der Waals surface area contributed by atoms with Gasteiger partial charge in [-0.1, -0.05) is 0 Å². The molecule has 1 N–H and O–H groups in total. The summed E-state index contributed by atoms with van der Waals surface area (Å²) < 4.78 is 1.80. The van der Waals surface area contributed by atoms with Crippen molar-refractivity contribution < 1.29 is 5.11 Å². The molecule has 3 nitrogen and oxygen atoms in total. The molecule has 0 aliphatic rings.